The molecule has 2 rings (SSSR count). The van der Waals surface area contributed by atoms with Gasteiger partial charge in [0.2, 0.25) is 11.8 Å². The third-order valence-corrected chi connectivity index (χ3v) is 6.78. The van der Waals surface area contributed by atoms with E-state index in [1.165, 1.54) is 0 Å². The fourth-order valence-electron chi connectivity index (χ4n) is 4.82. The highest BCUT2D eigenvalue weighted by Gasteiger charge is 2.37. The average Bonchev–Trinajstić information content (AvgIpc) is 2.88. The Morgan fingerprint density at radius 3 is 2.17 bits per heavy atom. The maximum atomic E-state index is 14.5. The van der Waals surface area contributed by atoms with Crippen LogP contribution in [0.1, 0.15) is 102 Å². The molecule has 3 amide bonds. The molecular weight excluding hydrogens is 514 g/mol. The number of hydrogen-bond acceptors (Lipinski definition) is 4. The van der Waals surface area contributed by atoms with Gasteiger partial charge < -0.3 is 20.3 Å². The molecule has 0 bridgehead atoms. The molecule has 0 saturated heterocycles. The first-order chi connectivity index (χ1) is 19.3. The molecule has 2 aromatic carbocycles. The van der Waals surface area contributed by atoms with Crippen molar-refractivity contribution in [3.63, 3.8) is 0 Å². The molecule has 226 valence electrons. The van der Waals surface area contributed by atoms with E-state index in [9.17, 15) is 14.4 Å². The van der Waals surface area contributed by atoms with Gasteiger partial charge in [0.1, 0.15) is 17.7 Å². The van der Waals surface area contributed by atoms with Crippen molar-refractivity contribution in [2.75, 3.05) is 6.54 Å². The fourth-order valence-corrected chi connectivity index (χ4v) is 4.82. The quantitative estimate of drug-likeness (QED) is 0.247. The molecule has 0 fully saturated rings. The third kappa shape index (κ3) is 11.6. The van der Waals surface area contributed by atoms with E-state index in [1.54, 1.807) is 25.7 Å². The smallest absolute Gasteiger partial charge is 0.408 e. The van der Waals surface area contributed by atoms with Crippen molar-refractivity contribution in [1.29, 1.82) is 0 Å². The Kier molecular flexibility index (Phi) is 13.4. The number of carbonyl (C=O) groups is 3. The molecule has 0 radical (unpaired) electrons. The molecular formula is C34H51N3O4. The van der Waals surface area contributed by atoms with E-state index in [1.807, 2.05) is 76.2 Å². The Morgan fingerprint density at radius 1 is 0.902 bits per heavy atom. The van der Waals surface area contributed by atoms with Gasteiger partial charge in [-0.25, -0.2) is 4.79 Å². The first-order valence-corrected chi connectivity index (χ1v) is 15.0. The zero-order valence-electron chi connectivity index (χ0n) is 26.4. The van der Waals surface area contributed by atoms with Gasteiger partial charge in [0.05, 0.1) is 0 Å². The minimum absolute atomic E-state index is 0.100. The van der Waals surface area contributed by atoms with E-state index < -0.39 is 23.8 Å². The highest BCUT2D eigenvalue weighted by Crippen LogP contribution is 2.28. The number of benzene rings is 2. The number of alkyl carbamates (subject to hydrolysis) is 1. The molecule has 41 heavy (non-hydrogen) atoms. The number of rotatable bonds is 14. The fraction of sp³-hybridized carbons (Fsp3) is 0.559. The first kappa shape index (κ1) is 33.9. The Hall–Kier alpha value is -3.35. The van der Waals surface area contributed by atoms with E-state index in [0.29, 0.717) is 6.54 Å². The Balaban J connectivity index is 2.58. The summed E-state index contributed by atoms with van der Waals surface area (Å²) >= 11 is 0. The SMILES string of the molecule is CCCCCCCN(C(=O)C(Cc1ccccc1)NC(=O)OC(C)(C)C)C(C(=O)NC(C)C)c1cc(C)ccc1C. The number of amides is 3. The summed E-state index contributed by atoms with van der Waals surface area (Å²) in [5, 5.41) is 5.89. The molecule has 2 unspecified atom stereocenters. The van der Waals surface area contributed by atoms with Crippen LogP contribution in [-0.2, 0) is 20.7 Å². The first-order valence-electron chi connectivity index (χ1n) is 15.0. The minimum Gasteiger partial charge on any atom is -0.444 e. The second-order valence-corrected chi connectivity index (χ2v) is 12.3. The largest absolute Gasteiger partial charge is 0.444 e. The van der Waals surface area contributed by atoms with Gasteiger partial charge in [-0.1, -0.05) is 86.7 Å². The van der Waals surface area contributed by atoms with Gasteiger partial charge in [-0.05, 0) is 71.6 Å². The molecule has 0 spiro atoms. The van der Waals surface area contributed by atoms with Crippen LogP contribution in [0.25, 0.3) is 0 Å². The minimum atomic E-state index is -0.914. The van der Waals surface area contributed by atoms with Crippen LogP contribution in [0.4, 0.5) is 4.79 Å². The lowest BCUT2D eigenvalue weighted by Crippen LogP contribution is -2.54. The van der Waals surface area contributed by atoms with Crippen LogP contribution in [0.2, 0.25) is 0 Å². The van der Waals surface area contributed by atoms with E-state index in [0.717, 1.165) is 54.4 Å². The van der Waals surface area contributed by atoms with E-state index in [4.69, 9.17) is 4.74 Å². The predicted molar refractivity (Wildman–Crippen MR) is 166 cm³/mol. The zero-order valence-corrected chi connectivity index (χ0v) is 26.4. The van der Waals surface area contributed by atoms with Crippen LogP contribution in [0.5, 0.6) is 0 Å². The second kappa shape index (κ2) is 16.2. The van der Waals surface area contributed by atoms with Crippen molar-refractivity contribution in [3.05, 3.63) is 70.8 Å². The summed E-state index contributed by atoms with van der Waals surface area (Å²) in [7, 11) is 0. The third-order valence-electron chi connectivity index (χ3n) is 6.78. The van der Waals surface area contributed by atoms with E-state index in [-0.39, 0.29) is 24.3 Å². The van der Waals surface area contributed by atoms with Gasteiger partial charge in [-0.3, -0.25) is 9.59 Å². The van der Waals surface area contributed by atoms with Crippen molar-refractivity contribution in [3.8, 4) is 0 Å². The monoisotopic (exact) mass is 565 g/mol. The lowest BCUT2D eigenvalue weighted by Gasteiger charge is -2.35. The standard InChI is InChI=1S/C34H51N3O4/c1-9-10-11-12-16-21-37(30(31(38)35-24(2)3)28-22-25(4)19-20-26(28)5)32(39)29(23-27-17-14-13-15-18-27)36-33(40)41-34(6,7)8/h13-15,17-20,22,24,29-30H,9-12,16,21,23H2,1-8H3,(H,35,38)(H,36,40). The zero-order chi connectivity index (χ0) is 30.6. The highest BCUT2D eigenvalue weighted by atomic mass is 16.6. The summed E-state index contributed by atoms with van der Waals surface area (Å²) in [6.07, 6.45) is 4.62. The van der Waals surface area contributed by atoms with Crippen molar-refractivity contribution in [1.82, 2.24) is 15.5 Å². The normalized spacial score (nSPS) is 12.9. The molecule has 2 N–H and O–H groups in total. The molecule has 0 aliphatic carbocycles. The van der Waals surface area contributed by atoms with Gasteiger partial charge in [-0.2, -0.15) is 0 Å². The molecule has 0 saturated carbocycles. The summed E-state index contributed by atoms with van der Waals surface area (Å²) in [5.41, 5.74) is 2.92. The summed E-state index contributed by atoms with van der Waals surface area (Å²) in [6, 6.07) is 13.7. The maximum absolute atomic E-state index is 14.5. The summed E-state index contributed by atoms with van der Waals surface area (Å²) in [5.74, 6) is -0.536. The molecule has 2 aromatic rings. The summed E-state index contributed by atoms with van der Waals surface area (Å²) < 4.78 is 5.54. The number of ether oxygens (including phenoxy) is 1. The van der Waals surface area contributed by atoms with Crippen LogP contribution in [0, 0.1) is 13.8 Å². The van der Waals surface area contributed by atoms with Gasteiger partial charge >= 0.3 is 6.09 Å². The maximum Gasteiger partial charge on any atom is 0.408 e. The lowest BCUT2D eigenvalue weighted by atomic mass is 9.95. The highest BCUT2D eigenvalue weighted by molar-refractivity contribution is 5.92. The number of nitrogens with zero attached hydrogens (tertiary/aromatic N) is 1. The van der Waals surface area contributed by atoms with E-state index in [2.05, 4.69) is 17.6 Å². The number of aryl methyl sites for hydroxylation is 2. The molecule has 7 nitrogen and oxygen atoms in total. The number of nitrogens with one attached hydrogen (secondary N) is 2. The Morgan fingerprint density at radius 2 is 1.56 bits per heavy atom. The van der Waals surface area contributed by atoms with Crippen molar-refractivity contribution >= 4 is 17.9 Å². The van der Waals surface area contributed by atoms with Crippen molar-refractivity contribution in [2.45, 2.75) is 118 Å². The molecule has 2 atom stereocenters. The Labute approximate surface area is 247 Å². The van der Waals surface area contributed by atoms with Crippen LogP contribution >= 0.6 is 0 Å². The summed E-state index contributed by atoms with van der Waals surface area (Å²) in [4.78, 5) is 43.0. The molecule has 0 aliphatic rings. The van der Waals surface area contributed by atoms with Crippen LogP contribution in [0.15, 0.2) is 48.5 Å². The van der Waals surface area contributed by atoms with Crippen LogP contribution < -0.4 is 10.6 Å². The number of unbranched alkanes of at least 4 members (excludes halogenated alkanes) is 4. The average molecular weight is 566 g/mol. The predicted octanol–water partition coefficient (Wildman–Crippen LogP) is 6.80. The van der Waals surface area contributed by atoms with Crippen molar-refractivity contribution < 1.29 is 19.1 Å². The second-order valence-electron chi connectivity index (χ2n) is 12.3. The topological polar surface area (TPSA) is 87.7 Å². The summed E-state index contributed by atoms with van der Waals surface area (Å²) in [6.45, 7) is 15.7. The van der Waals surface area contributed by atoms with Gasteiger partial charge in [-0.15, -0.1) is 0 Å². The lowest BCUT2D eigenvalue weighted by molar-refractivity contribution is -0.142. The van der Waals surface area contributed by atoms with Crippen LogP contribution in [-0.4, -0.2) is 47.0 Å². The van der Waals surface area contributed by atoms with Crippen LogP contribution in [0.3, 0.4) is 0 Å². The number of carbonyl (C=O) groups excluding carboxylic acids is 3. The van der Waals surface area contributed by atoms with Crippen molar-refractivity contribution in [2.24, 2.45) is 0 Å². The number of hydrogen-bond donors (Lipinski definition) is 2. The molecule has 0 heterocycles. The van der Waals surface area contributed by atoms with E-state index >= 15 is 0 Å². The molecule has 7 heteroatoms. The van der Waals surface area contributed by atoms with Gasteiger partial charge in [0.15, 0.2) is 0 Å². The Bertz CT molecular complexity index is 1120. The molecule has 0 aliphatic heterocycles. The van der Waals surface area contributed by atoms with Gasteiger partial charge in [0.25, 0.3) is 0 Å². The van der Waals surface area contributed by atoms with Gasteiger partial charge in [0, 0.05) is 19.0 Å². The molecule has 0 aromatic heterocycles.